The molecule has 0 fully saturated rings. The highest BCUT2D eigenvalue weighted by atomic mass is 16.5. The molecule has 0 radical (unpaired) electrons. The summed E-state index contributed by atoms with van der Waals surface area (Å²) in [7, 11) is 3.48. The fourth-order valence-corrected chi connectivity index (χ4v) is 4.94. The number of nitrogens with zero attached hydrogens (tertiary/aromatic N) is 4. The number of likely N-dealkylation sites (N-methyl/N-ethyl adjacent to an activating group) is 2. The number of aromatic hydroxyl groups is 2. The van der Waals surface area contributed by atoms with Crippen molar-refractivity contribution < 1.29 is 29.6 Å². The second-order valence-corrected chi connectivity index (χ2v) is 9.98. The van der Waals surface area contributed by atoms with Crippen LogP contribution in [-0.4, -0.2) is 103 Å². The SMILES string of the molecule is CCN(CC)CCN(CCN(CC)CC)c1cc(OC)c2nc(C)cc(C)c2c1OC.O=C(O)c1ccc(O)cc1O. The minimum atomic E-state index is -1.22. The number of carboxylic acid groups (broad SMARTS) is 1. The summed E-state index contributed by atoms with van der Waals surface area (Å²) in [5.41, 5.74) is 3.88. The van der Waals surface area contributed by atoms with Crippen LogP contribution in [0.1, 0.15) is 49.3 Å². The van der Waals surface area contributed by atoms with Crippen LogP contribution >= 0.6 is 0 Å². The summed E-state index contributed by atoms with van der Waals surface area (Å²) < 4.78 is 11.8. The fourth-order valence-electron chi connectivity index (χ4n) is 4.94. The van der Waals surface area contributed by atoms with Crippen molar-refractivity contribution in [2.75, 3.05) is 71.5 Å². The van der Waals surface area contributed by atoms with Gasteiger partial charge < -0.3 is 39.5 Å². The molecule has 3 N–H and O–H groups in total. The van der Waals surface area contributed by atoms with Crippen LogP contribution in [0.25, 0.3) is 10.9 Å². The first-order chi connectivity index (χ1) is 20.0. The van der Waals surface area contributed by atoms with Crippen molar-refractivity contribution in [3.05, 3.63) is 47.2 Å². The van der Waals surface area contributed by atoms with Crippen molar-refractivity contribution in [2.24, 2.45) is 0 Å². The summed E-state index contributed by atoms with van der Waals surface area (Å²) in [6.45, 7) is 21.2. The van der Waals surface area contributed by atoms with Crippen LogP contribution in [0.2, 0.25) is 0 Å². The molecular weight excluding hydrogens is 536 g/mol. The Morgan fingerprint density at radius 1 is 0.833 bits per heavy atom. The highest BCUT2D eigenvalue weighted by molar-refractivity contribution is 5.98. The van der Waals surface area contributed by atoms with E-state index in [-0.39, 0.29) is 11.3 Å². The number of rotatable bonds is 14. The highest BCUT2D eigenvalue weighted by Gasteiger charge is 2.22. The van der Waals surface area contributed by atoms with Crippen LogP contribution in [0.5, 0.6) is 23.0 Å². The average molecular weight is 585 g/mol. The smallest absolute Gasteiger partial charge is 0.339 e. The minimum Gasteiger partial charge on any atom is -0.508 e. The van der Waals surface area contributed by atoms with Gasteiger partial charge in [-0.25, -0.2) is 9.78 Å². The summed E-state index contributed by atoms with van der Waals surface area (Å²) >= 11 is 0. The number of anilines is 1. The molecule has 1 heterocycles. The van der Waals surface area contributed by atoms with E-state index >= 15 is 0 Å². The summed E-state index contributed by atoms with van der Waals surface area (Å²) in [5.74, 6) is -0.124. The maximum absolute atomic E-state index is 10.3. The summed E-state index contributed by atoms with van der Waals surface area (Å²) in [6, 6.07) is 7.53. The molecule has 0 amide bonds. The van der Waals surface area contributed by atoms with Crippen LogP contribution in [-0.2, 0) is 0 Å². The molecule has 3 aromatic rings. The number of carboxylic acids is 1. The van der Waals surface area contributed by atoms with Crippen molar-refractivity contribution in [3.8, 4) is 23.0 Å². The second kappa shape index (κ2) is 16.6. The lowest BCUT2D eigenvalue weighted by Gasteiger charge is -2.32. The van der Waals surface area contributed by atoms with Gasteiger partial charge in [0.1, 0.15) is 28.3 Å². The first-order valence-electron chi connectivity index (χ1n) is 14.5. The first kappa shape index (κ1) is 34.4. The van der Waals surface area contributed by atoms with E-state index in [0.29, 0.717) is 0 Å². The number of phenolic OH excluding ortho intramolecular Hbond substituents is 1. The summed E-state index contributed by atoms with van der Waals surface area (Å²) in [5, 5.41) is 27.1. The molecule has 0 spiro atoms. The summed E-state index contributed by atoms with van der Waals surface area (Å²) in [4.78, 5) is 22.5. The van der Waals surface area contributed by atoms with Gasteiger partial charge in [-0.1, -0.05) is 27.7 Å². The van der Waals surface area contributed by atoms with E-state index in [1.807, 2.05) is 6.92 Å². The predicted octanol–water partition coefficient (Wildman–Crippen LogP) is 5.15. The van der Waals surface area contributed by atoms with E-state index < -0.39 is 11.7 Å². The largest absolute Gasteiger partial charge is 0.508 e. The molecule has 42 heavy (non-hydrogen) atoms. The van der Waals surface area contributed by atoms with Crippen LogP contribution in [0.4, 0.5) is 5.69 Å². The molecule has 0 saturated heterocycles. The number of aromatic carboxylic acids is 1. The topological polar surface area (TPSA) is 119 Å². The zero-order chi connectivity index (χ0) is 31.4. The number of hydrogen-bond acceptors (Lipinski definition) is 9. The second-order valence-electron chi connectivity index (χ2n) is 9.98. The van der Waals surface area contributed by atoms with Gasteiger partial charge in [-0.2, -0.15) is 0 Å². The van der Waals surface area contributed by atoms with Gasteiger partial charge in [0.25, 0.3) is 0 Å². The number of phenols is 2. The van der Waals surface area contributed by atoms with Crippen LogP contribution in [0.15, 0.2) is 30.3 Å². The molecule has 0 saturated carbocycles. The number of pyridine rings is 1. The number of benzene rings is 2. The molecule has 3 rings (SSSR count). The zero-order valence-corrected chi connectivity index (χ0v) is 26.4. The van der Waals surface area contributed by atoms with Crippen LogP contribution < -0.4 is 14.4 Å². The van der Waals surface area contributed by atoms with Gasteiger partial charge in [-0.3, -0.25) is 0 Å². The van der Waals surface area contributed by atoms with Crippen molar-refractivity contribution in [3.63, 3.8) is 0 Å². The molecule has 0 aliphatic carbocycles. The zero-order valence-electron chi connectivity index (χ0n) is 26.4. The number of methoxy groups -OCH3 is 2. The van der Waals surface area contributed by atoms with E-state index in [9.17, 15) is 4.79 Å². The van der Waals surface area contributed by atoms with Crippen LogP contribution in [0.3, 0.4) is 0 Å². The molecule has 0 aliphatic rings. The molecule has 10 nitrogen and oxygen atoms in total. The van der Waals surface area contributed by atoms with Crippen molar-refractivity contribution >= 4 is 22.6 Å². The Bertz CT molecular complexity index is 1290. The molecule has 1 aromatic heterocycles. The molecule has 0 atom stereocenters. The standard InChI is InChI=1S/C25H42N4O2.C7H6O4/c1-9-27(10-2)13-15-29(16-14-28(11-3)12-4)21-18-22(30-7)24-23(25(21)31-8)19(5)17-20(6)26-24;8-4-1-2-5(7(10)11)6(9)3-4/h17-18H,9-16H2,1-8H3;1-3,8-9H,(H,10,11). The molecule has 0 unspecified atom stereocenters. The Labute approximate surface area is 250 Å². The number of carbonyl (C=O) groups is 1. The number of fused-ring (bicyclic) bond motifs is 1. The molecular formula is C32H48N4O6. The van der Waals surface area contributed by atoms with Gasteiger partial charge >= 0.3 is 5.97 Å². The predicted molar refractivity (Wildman–Crippen MR) is 169 cm³/mol. The average Bonchev–Trinajstić information content (AvgIpc) is 2.96. The van der Waals surface area contributed by atoms with Gasteiger partial charge in [-0.15, -0.1) is 0 Å². The number of hydrogen-bond donors (Lipinski definition) is 3. The lowest BCUT2D eigenvalue weighted by molar-refractivity contribution is 0.0693. The van der Waals surface area contributed by atoms with Gasteiger partial charge in [0.2, 0.25) is 0 Å². The van der Waals surface area contributed by atoms with Crippen molar-refractivity contribution in [1.29, 1.82) is 0 Å². The lowest BCUT2D eigenvalue weighted by Crippen LogP contribution is -2.40. The maximum atomic E-state index is 10.3. The minimum absolute atomic E-state index is 0.160. The molecule has 2 aromatic carbocycles. The third-order valence-corrected chi connectivity index (χ3v) is 7.44. The van der Waals surface area contributed by atoms with E-state index in [4.69, 9.17) is 29.8 Å². The highest BCUT2D eigenvalue weighted by Crippen LogP contribution is 2.42. The van der Waals surface area contributed by atoms with Crippen molar-refractivity contribution in [1.82, 2.24) is 14.8 Å². The Morgan fingerprint density at radius 2 is 1.40 bits per heavy atom. The number of aryl methyl sites for hydroxylation is 2. The third kappa shape index (κ3) is 8.87. The third-order valence-electron chi connectivity index (χ3n) is 7.44. The maximum Gasteiger partial charge on any atom is 0.339 e. The molecule has 0 bridgehead atoms. The van der Waals surface area contributed by atoms with Gasteiger partial charge in [0, 0.05) is 44.0 Å². The van der Waals surface area contributed by atoms with E-state index in [1.54, 1.807) is 14.2 Å². The first-order valence-corrected chi connectivity index (χ1v) is 14.5. The fraction of sp³-hybridized carbons (Fsp3) is 0.500. The monoisotopic (exact) mass is 584 g/mol. The summed E-state index contributed by atoms with van der Waals surface area (Å²) in [6.07, 6.45) is 0. The van der Waals surface area contributed by atoms with E-state index in [0.717, 1.165) is 104 Å². The Balaban J connectivity index is 0.000000468. The Kier molecular flexibility index (Phi) is 13.6. The quantitative estimate of drug-likeness (QED) is 0.235. The number of aromatic nitrogens is 1. The number of ether oxygens (including phenoxy) is 2. The molecule has 232 valence electrons. The van der Waals surface area contributed by atoms with Gasteiger partial charge in [0.15, 0.2) is 5.75 Å². The van der Waals surface area contributed by atoms with Gasteiger partial charge in [0.05, 0.1) is 25.3 Å². The normalized spacial score (nSPS) is 11.0. The Morgan fingerprint density at radius 3 is 1.86 bits per heavy atom. The Hall–Kier alpha value is -3.76. The molecule has 10 heteroatoms. The van der Waals surface area contributed by atoms with E-state index in [1.165, 1.54) is 6.07 Å². The lowest BCUT2D eigenvalue weighted by atomic mass is 10.0. The van der Waals surface area contributed by atoms with E-state index in [2.05, 4.69) is 61.5 Å². The van der Waals surface area contributed by atoms with Crippen molar-refractivity contribution in [2.45, 2.75) is 41.5 Å². The molecule has 0 aliphatic heterocycles. The van der Waals surface area contributed by atoms with Crippen LogP contribution in [0, 0.1) is 13.8 Å². The van der Waals surface area contributed by atoms with Gasteiger partial charge in [-0.05, 0) is 63.8 Å².